The van der Waals surface area contributed by atoms with Crippen molar-refractivity contribution in [2.75, 3.05) is 25.6 Å². The minimum Gasteiger partial charge on any atom is -0.494 e. The van der Waals surface area contributed by atoms with Crippen molar-refractivity contribution in [3.63, 3.8) is 0 Å². The minimum absolute atomic E-state index is 0.0939. The van der Waals surface area contributed by atoms with E-state index in [4.69, 9.17) is 9.84 Å². The van der Waals surface area contributed by atoms with E-state index in [1.54, 1.807) is 24.3 Å². The van der Waals surface area contributed by atoms with Gasteiger partial charge in [-0.15, -0.1) is 11.3 Å². The molecule has 178 valence electrons. The Bertz CT molecular complexity index is 1450. The van der Waals surface area contributed by atoms with Crippen LogP contribution in [0.25, 0.3) is 21.3 Å². The second-order valence-electron chi connectivity index (χ2n) is 8.02. The molecule has 2 aromatic carbocycles. The van der Waals surface area contributed by atoms with Crippen LogP contribution in [0.3, 0.4) is 0 Å². The molecule has 0 unspecified atom stereocenters. The fourth-order valence-corrected chi connectivity index (χ4v) is 6.57. The van der Waals surface area contributed by atoms with Crippen molar-refractivity contribution in [2.24, 2.45) is 0 Å². The fraction of sp³-hybridized carbons (Fsp3) is 0.240. The van der Waals surface area contributed by atoms with Gasteiger partial charge >= 0.3 is 5.97 Å². The van der Waals surface area contributed by atoms with Crippen molar-refractivity contribution in [1.29, 1.82) is 0 Å². The van der Waals surface area contributed by atoms with E-state index >= 15 is 0 Å². The first-order chi connectivity index (χ1) is 16.2. The predicted molar refractivity (Wildman–Crippen MR) is 136 cm³/mol. The molecule has 0 radical (unpaired) electrons. The van der Waals surface area contributed by atoms with Gasteiger partial charge in [0.05, 0.1) is 12.1 Å². The molecule has 7 nitrogen and oxygen atoms in total. The first-order valence-electron chi connectivity index (χ1n) is 10.8. The molecule has 34 heavy (non-hydrogen) atoms. The third-order valence-electron chi connectivity index (χ3n) is 5.49. The number of anilines is 1. The van der Waals surface area contributed by atoms with Gasteiger partial charge in [0.25, 0.3) is 10.0 Å². The van der Waals surface area contributed by atoms with Crippen LogP contribution in [0.5, 0.6) is 5.75 Å². The zero-order valence-electron chi connectivity index (χ0n) is 19.2. The number of ether oxygens (including phenoxy) is 1. The standard InChI is InChI=1S/C25H26N2O5S2/c1-4-32-20-9-10-22-21(15-20)18(8-12-24(28)29)16-27(22)34(30,31)25-13-11-23(33-25)17-6-5-7-19(14-17)26(2)3/h5-7,9-11,13-16H,4,8,12H2,1-3H3,(H,28,29). The Balaban J connectivity index is 1.78. The zero-order valence-corrected chi connectivity index (χ0v) is 20.8. The van der Waals surface area contributed by atoms with Gasteiger partial charge in [-0.2, -0.15) is 8.42 Å². The summed E-state index contributed by atoms with van der Waals surface area (Å²) in [6, 6.07) is 16.6. The number of aliphatic carboxylic acids is 1. The Morgan fingerprint density at radius 3 is 2.62 bits per heavy atom. The van der Waals surface area contributed by atoms with E-state index in [0.29, 0.717) is 28.8 Å². The highest BCUT2D eigenvalue weighted by molar-refractivity contribution is 7.92. The number of thiophene rings is 1. The number of nitrogens with zero attached hydrogens (tertiary/aromatic N) is 2. The number of rotatable bonds is 9. The van der Waals surface area contributed by atoms with Crippen LogP contribution < -0.4 is 9.64 Å². The molecule has 0 saturated heterocycles. The molecule has 1 N–H and O–H groups in total. The molecule has 4 rings (SSSR count). The van der Waals surface area contributed by atoms with Gasteiger partial charge in [-0.25, -0.2) is 3.97 Å². The summed E-state index contributed by atoms with van der Waals surface area (Å²) >= 11 is 1.21. The van der Waals surface area contributed by atoms with Gasteiger partial charge in [-0.1, -0.05) is 12.1 Å². The van der Waals surface area contributed by atoms with E-state index in [1.807, 2.05) is 56.3 Å². The van der Waals surface area contributed by atoms with E-state index in [1.165, 1.54) is 21.5 Å². The predicted octanol–water partition coefficient (Wildman–Crippen LogP) is 5.09. The number of carboxylic acids is 1. The van der Waals surface area contributed by atoms with Crippen molar-refractivity contribution in [1.82, 2.24) is 3.97 Å². The van der Waals surface area contributed by atoms with Gasteiger partial charge < -0.3 is 14.7 Å². The van der Waals surface area contributed by atoms with E-state index in [-0.39, 0.29) is 17.1 Å². The van der Waals surface area contributed by atoms with Crippen molar-refractivity contribution < 1.29 is 23.1 Å². The molecule has 0 bridgehead atoms. The molecule has 0 aliphatic carbocycles. The molecule has 0 atom stereocenters. The molecule has 0 saturated carbocycles. The average molecular weight is 499 g/mol. The third-order valence-corrected chi connectivity index (χ3v) is 8.76. The van der Waals surface area contributed by atoms with E-state index in [9.17, 15) is 13.2 Å². The highest BCUT2D eigenvalue weighted by atomic mass is 32.2. The Labute approximate surface area is 202 Å². The number of benzene rings is 2. The molecule has 0 fully saturated rings. The van der Waals surface area contributed by atoms with Crippen molar-refractivity contribution >= 4 is 43.9 Å². The lowest BCUT2D eigenvalue weighted by atomic mass is 10.1. The van der Waals surface area contributed by atoms with Crippen LogP contribution in [-0.4, -0.2) is 44.2 Å². The zero-order chi connectivity index (χ0) is 24.5. The summed E-state index contributed by atoms with van der Waals surface area (Å²) in [7, 11) is 0.0301. The smallest absolute Gasteiger partial charge is 0.303 e. The molecule has 0 spiro atoms. The largest absolute Gasteiger partial charge is 0.494 e. The average Bonchev–Trinajstić information content (AvgIpc) is 3.44. The van der Waals surface area contributed by atoms with Crippen molar-refractivity contribution in [2.45, 2.75) is 24.0 Å². The SMILES string of the molecule is CCOc1ccc2c(c1)c(CCC(=O)O)cn2S(=O)(=O)c1ccc(-c2cccc(N(C)C)c2)s1. The van der Waals surface area contributed by atoms with Gasteiger partial charge in [0.15, 0.2) is 0 Å². The molecule has 2 heterocycles. The summed E-state index contributed by atoms with van der Waals surface area (Å²) in [6.45, 7) is 2.34. The normalized spacial score (nSPS) is 11.6. The molecule has 0 aliphatic rings. The number of aromatic nitrogens is 1. The summed E-state index contributed by atoms with van der Waals surface area (Å²) in [6.07, 6.45) is 1.66. The molecule has 0 amide bonds. The minimum atomic E-state index is -3.89. The van der Waals surface area contributed by atoms with Gasteiger partial charge in [0, 0.05) is 42.7 Å². The van der Waals surface area contributed by atoms with Crippen LogP contribution in [0.2, 0.25) is 0 Å². The molecule has 0 aliphatic heterocycles. The van der Waals surface area contributed by atoms with Gasteiger partial charge in [0.2, 0.25) is 0 Å². The van der Waals surface area contributed by atoms with Crippen LogP contribution in [0.15, 0.2) is 65.0 Å². The number of aryl methyl sites for hydroxylation is 1. The third kappa shape index (κ3) is 4.67. The van der Waals surface area contributed by atoms with Crippen LogP contribution in [0.4, 0.5) is 5.69 Å². The summed E-state index contributed by atoms with van der Waals surface area (Å²) in [5.74, 6) is -0.325. The number of fused-ring (bicyclic) bond motifs is 1. The quantitative estimate of drug-likeness (QED) is 0.346. The maximum atomic E-state index is 13.6. The van der Waals surface area contributed by atoms with Crippen LogP contribution >= 0.6 is 11.3 Å². The van der Waals surface area contributed by atoms with E-state index < -0.39 is 16.0 Å². The molecular weight excluding hydrogens is 472 g/mol. The Hall–Kier alpha value is -3.30. The molecular formula is C25H26N2O5S2. The van der Waals surface area contributed by atoms with Crippen molar-refractivity contribution in [3.05, 3.63) is 66.4 Å². The monoisotopic (exact) mass is 498 g/mol. The summed E-state index contributed by atoms with van der Waals surface area (Å²) in [5, 5.41) is 9.82. The highest BCUT2D eigenvalue weighted by Crippen LogP contribution is 2.36. The Morgan fingerprint density at radius 2 is 1.91 bits per heavy atom. The number of carboxylic acid groups (broad SMARTS) is 1. The number of hydrogen-bond donors (Lipinski definition) is 1. The Kier molecular flexibility index (Phi) is 6.67. The molecule has 2 aromatic heterocycles. The van der Waals surface area contributed by atoms with Gasteiger partial charge in [-0.05, 0) is 66.9 Å². The maximum Gasteiger partial charge on any atom is 0.303 e. The maximum absolute atomic E-state index is 13.6. The molecule has 4 aromatic rings. The van der Waals surface area contributed by atoms with Crippen LogP contribution in [-0.2, 0) is 21.2 Å². The van der Waals surface area contributed by atoms with Crippen LogP contribution in [0.1, 0.15) is 18.9 Å². The molecule has 9 heteroatoms. The number of carbonyl (C=O) groups is 1. The highest BCUT2D eigenvalue weighted by Gasteiger charge is 2.24. The topological polar surface area (TPSA) is 88.8 Å². The second-order valence-corrected chi connectivity index (χ2v) is 11.1. The number of hydrogen-bond acceptors (Lipinski definition) is 6. The van der Waals surface area contributed by atoms with E-state index in [0.717, 1.165) is 16.1 Å². The summed E-state index contributed by atoms with van der Waals surface area (Å²) in [5.41, 5.74) is 3.12. The first-order valence-corrected chi connectivity index (χ1v) is 13.1. The summed E-state index contributed by atoms with van der Waals surface area (Å²) in [4.78, 5) is 14.0. The Morgan fingerprint density at radius 1 is 1.12 bits per heavy atom. The second kappa shape index (κ2) is 9.52. The van der Waals surface area contributed by atoms with E-state index in [2.05, 4.69) is 0 Å². The van der Waals surface area contributed by atoms with Crippen molar-refractivity contribution in [3.8, 4) is 16.2 Å². The first kappa shape index (κ1) is 23.8. The van der Waals surface area contributed by atoms with Gasteiger partial charge in [0.1, 0.15) is 9.96 Å². The lowest BCUT2D eigenvalue weighted by molar-refractivity contribution is -0.136. The lowest BCUT2D eigenvalue weighted by Crippen LogP contribution is -2.10. The fourth-order valence-electron chi connectivity index (χ4n) is 3.79. The summed E-state index contributed by atoms with van der Waals surface area (Å²) < 4.78 is 34.3. The van der Waals surface area contributed by atoms with Crippen LogP contribution in [0, 0.1) is 0 Å². The lowest BCUT2D eigenvalue weighted by Gasteiger charge is -2.13. The van der Waals surface area contributed by atoms with Gasteiger partial charge in [-0.3, -0.25) is 4.79 Å².